The number of rotatable bonds is 5. The summed E-state index contributed by atoms with van der Waals surface area (Å²) in [6, 6.07) is -0.0769. The molecular formula is C13H25F3N2. The third-order valence-corrected chi connectivity index (χ3v) is 3.95. The van der Waals surface area contributed by atoms with E-state index in [1.807, 2.05) is 13.8 Å². The average Bonchev–Trinajstić information content (AvgIpc) is 2.27. The van der Waals surface area contributed by atoms with E-state index >= 15 is 0 Å². The van der Waals surface area contributed by atoms with Gasteiger partial charge in [-0.15, -0.1) is 0 Å². The minimum Gasteiger partial charge on any atom is -0.330 e. The van der Waals surface area contributed by atoms with Crippen LogP contribution in [0.1, 0.15) is 39.5 Å². The zero-order valence-electron chi connectivity index (χ0n) is 11.3. The molecule has 0 aliphatic heterocycles. The molecule has 108 valence electrons. The SMILES string of the molecule is CC(C)N(CC1CCCCC1CN)CC(F)(F)F. The lowest BCUT2D eigenvalue weighted by atomic mass is 9.79. The lowest BCUT2D eigenvalue weighted by molar-refractivity contribution is -0.151. The van der Waals surface area contributed by atoms with Gasteiger partial charge < -0.3 is 5.73 Å². The average molecular weight is 266 g/mol. The van der Waals surface area contributed by atoms with Crippen molar-refractivity contribution in [3.63, 3.8) is 0 Å². The molecule has 1 aliphatic rings. The van der Waals surface area contributed by atoms with Crippen molar-refractivity contribution >= 4 is 0 Å². The highest BCUT2D eigenvalue weighted by Crippen LogP contribution is 2.31. The summed E-state index contributed by atoms with van der Waals surface area (Å²) in [5, 5.41) is 0. The van der Waals surface area contributed by atoms with Gasteiger partial charge in [-0.05, 0) is 45.1 Å². The maximum Gasteiger partial charge on any atom is 0.401 e. The normalized spacial score (nSPS) is 26.0. The van der Waals surface area contributed by atoms with Crippen LogP contribution in [-0.2, 0) is 0 Å². The second kappa shape index (κ2) is 6.75. The Bertz CT molecular complexity index is 241. The molecular weight excluding hydrogens is 241 g/mol. The van der Waals surface area contributed by atoms with Crippen molar-refractivity contribution in [3.8, 4) is 0 Å². The second-order valence-electron chi connectivity index (χ2n) is 5.68. The van der Waals surface area contributed by atoms with Gasteiger partial charge in [-0.2, -0.15) is 13.2 Å². The highest BCUT2D eigenvalue weighted by atomic mass is 19.4. The number of halogens is 3. The van der Waals surface area contributed by atoms with Crippen molar-refractivity contribution in [2.45, 2.75) is 51.7 Å². The van der Waals surface area contributed by atoms with Crippen LogP contribution in [0.2, 0.25) is 0 Å². The van der Waals surface area contributed by atoms with Crippen molar-refractivity contribution in [1.82, 2.24) is 4.90 Å². The van der Waals surface area contributed by atoms with Crippen LogP contribution in [0.5, 0.6) is 0 Å². The van der Waals surface area contributed by atoms with Gasteiger partial charge in [-0.1, -0.05) is 12.8 Å². The Labute approximate surface area is 108 Å². The first-order chi connectivity index (χ1) is 8.33. The van der Waals surface area contributed by atoms with E-state index in [1.165, 1.54) is 6.42 Å². The monoisotopic (exact) mass is 266 g/mol. The number of nitrogens with two attached hydrogens (primary N) is 1. The van der Waals surface area contributed by atoms with Gasteiger partial charge in [0.05, 0.1) is 6.54 Å². The Morgan fingerprint density at radius 2 is 1.72 bits per heavy atom. The number of alkyl halides is 3. The molecule has 0 aromatic heterocycles. The molecule has 18 heavy (non-hydrogen) atoms. The summed E-state index contributed by atoms with van der Waals surface area (Å²) in [7, 11) is 0. The van der Waals surface area contributed by atoms with Gasteiger partial charge in [0.2, 0.25) is 0 Å². The minimum atomic E-state index is -4.11. The van der Waals surface area contributed by atoms with E-state index in [-0.39, 0.29) is 6.04 Å². The number of nitrogens with zero attached hydrogens (tertiary/aromatic N) is 1. The van der Waals surface area contributed by atoms with Crippen molar-refractivity contribution < 1.29 is 13.2 Å². The molecule has 1 fully saturated rings. The van der Waals surface area contributed by atoms with Crippen LogP contribution in [0.4, 0.5) is 13.2 Å². The second-order valence-corrected chi connectivity index (χ2v) is 5.68. The van der Waals surface area contributed by atoms with Gasteiger partial charge in [0, 0.05) is 12.6 Å². The zero-order valence-corrected chi connectivity index (χ0v) is 11.3. The molecule has 0 spiro atoms. The molecule has 1 saturated carbocycles. The van der Waals surface area contributed by atoms with Crippen molar-refractivity contribution in [2.24, 2.45) is 17.6 Å². The largest absolute Gasteiger partial charge is 0.401 e. The van der Waals surface area contributed by atoms with Crippen molar-refractivity contribution in [1.29, 1.82) is 0 Å². The fourth-order valence-electron chi connectivity index (χ4n) is 2.82. The molecule has 0 bridgehead atoms. The van der Waals surface area contributed by atoms with E-state index in [1.54, 1.807) is 4.90 Å². The Hall–Kier alpha value is -0.290. The predicted molar refractivity (Wildman–Crippen MR) is 67.3 cm³/mol. The van der Waals surface area contributed by atoms with Crippen LogP contribution in [0.25, 0.3) is 0 Å². The summed E-state index contributed by atoms with van der Waals surface area (Å²) in [6.07, 6.45) is 0.262. The van der Waals surface area contributed by atoms with Crippen LogP contribution in [0.3, 0.4) is 0 Å². The van der Waals surface area contributed by atoms with Crippen LogP contribution < -0.4 is 5.73 Å². The van der Waals surface area contributed by atoms with Gasteiger partial charge in [0.1, 0.15) is 0 Å². The lowest BCUT2D eigenvalue weighted by Gasteiger charge is -2.37. The van der Waals surface area contributed by atoms with Gasteiger partial charge >= 0.3 is 6.18 Å². The molecule has 0 aromatic rings. The van der Waals surface area contributed by atoms with E-state index in [0.717, 1.165) is 19.3 Å². The molecule has 2 unspecified atom stereocenters. The topological polar surface area (TPSA) is 29.3 Å². The Kier molecular flexibility index (Phi) is 5.92. The van der Waals surface area contributed by atoms with E-state index in [0.29, 0.717) is 24.9 Å². The van der Waals surface area contributed by atoms with Gasteiger partial charge in [0.25, 0.3) is 0 Å². The first-order valence-electron chi connectivity index (χ1n) is 6.84. The molecule has 2 N–H and O–H groups in total. The molecule has 0 aromatic carbocycles. The van der Waals surface area contributed by atoms with Gasteiger partial charge in [-0.3, -0.25) is 4.90 Å². The highest BCUT2D eigenvalue weighted by molar-refractivity contribution is 4.80. The molecule has 1 rings (SSSR count). The van der Waals surface area contributed by atoms with E-state index in [4.69, 9.17) is 5.73 Å². The molecule has 2 nitrogen and oxygen atoms in total. The smallest absolute Gasteiger partial charge is 0.330 e. The molecule has 0 saturated heterocycles. The minimum absolute atomic E-state index is 0.0769. The third kappa shape index (κ3) is 5.14. The van der Waals surface area contributed by atoms with Crippen molar-refractivity contribution in [3.05, 3.63) is 0 Å². The first kappa shape index (κ1) is 15.8. The summed E-state index contributed by atoms with van der Waals surface area (Å²) in [6.45, 7) is 3.97. The van der Waals surface area contributed by atoms with Gasteiger partial charge in [0.15, 0.2) is 0 Å². The summed E-state index contributed by atoms with van der Waals surface area (Å²) >= 11 is 0. The summed E-state index contributed by atoms with van der Waals surface area (Å²) in [5.74, 6) is 0.724. The Balaban J connectivity index is 2.58. The fourth-order valence-corrected chi connectivity index (χ4v) is 2.82. The quantitative estimate of drug-likeness (QED) is 0.828. The lowest BCUT2D eigenvalue weighted by Crippen LogP contribution is -2.44. The maximum absolute atomic E-state index is 12.5. The maximum atomic E-state index is 12.5. The molecule has 5 heteroatoms. The molecule has 2 atom stereocenters. The fraction of sp³-hybridized carbons (Fsp3) is 1.00. The van der Waals surface area contributed by atoms with Crippen LogP contribution in [0, 0.1) is 11.8 Å². The third-order valence-electron chi connectivity index (χ3n) is 3.95. The Morgan fingerprint density at radius 1 is 1.17 bits per heavy atom. The standard InChI is InChI=1S/C13H25F3N2/c1-10(2)18(9-13(14,15)16)8-12-6-4-3-5-11(12)7-17/h10-12H,3-9,17H2,1-2H3. The van der Waals surface area contributed by atoms with Crippen LogP contribution >= 0.6 is 0 Å². The summed E-state index contributed by atoms with van der Waals surface area (Å²) < 4.78 is 37.6. The van der Waals surface area contributed by atoms with Crippen LogP contribution in [0.15, 0.2) is 0 Å². The predicted octanol–water partition coefficient (Wildman–Crippen LogP) is 3.02. The molecule has 0 radical (unpaired) electrons. The van der Waals surface area contributed by atoms with E-state index in [9.17, 15) is 13.2 Å². The van der Waals surface area contributed by atoms with Crippen LogP contribution in [-0.4, -0.2) is 36.8 Å². The van der Waals surface area contributed by atoms with Crippen molar-refractivity contribution in [2.75, 3.05) is 19.6 Å². The molecule has 0 amide bonds. The Morgan fingerprint density at radius 3 is 2.17 bits per heavy atom. The highest BCUT2D eigenvalue weighted by Gasteiger charge is 2.34. The summed E-state index contributed by atoms with van der Waals surface area (Å²) in [4.78, 5) is 1.54. The first-order valence-corrected chi connectivity index (χ1v) is 6.84. The van der Waals surface area contributed by atoms with E-state index in [2.05, 4.69) is 0 Å². The number of hydrogen-bond donors (Lipinski definition) is 1. The zero-order chi connectivity index (χ0) is 13.8. The van der Waals surface area contributed by atoms with Gasteiger partial charge in [-0.25, -0.2) is 0 Å². The summed E-state index contributed by atoms with van der Waals surface area (Å²) in [5.41, 5.74) is 5.73. The number of hydrogen-bond acceptors (Lipinski definition) is 2. The molecule has 0 heterocycles. The molecule has 1 aliphatic carbocycles. The van der Waals surface area contributed by atoms with E-state index < -0.39 is 12.7 Å².